The second kappa shape index (κ2) is 8.38. The average Bonchev–Trinajstić information content (AvgIpc) is 3.08. The Bertz CT molecular complexity index is 987. The minimum atomic E-state index is -0.0808. The van der Waals surface area contributed by atoms with Crippen molar-refractivity contribution in [1.29, 1.82) is 0 Å². The average molecular weight is 424 g/mol. The fourth-order valence-corrected chi connectivity index (χ4v) is 5.52. The normalized spacial score (nSPS) is 23.1. The van der Waals surface area contributed by atoms with Gasteiger partial charge in [-0.3, -0.25) is 4.79 Å². The van der Waals surface area contributed by atoms with Crippen LogP contribution in [0.25, 0.3) is 11.0 Å². The van der Waals surface area contributed by atoms with Crippen LogP contribution in [-0.2, 0) is 11.3 Å². The van der Waals surface area contributed by atoms with Crippen molar-refractivity contribution >= 4 is 16.9 Å². The predicted molar refractivity (Wildman–Crippen MR) is 125 cm³/mol. The number of aromatic nitrogens is 3. The molecule has 0 radical (unpaired) electrons. The minimum absolute atomic E-state index is 0.0130. The third-order valence-electron chi connectivity index (χ3n) is 6.41. The summed E-state index contributed by atoms with van der Waals surface area (Å²) >= 11 is 0. The number of nitrogens with zero attached hydrogens (tertiary/aromatic N) is 4. The lowest BCUT2D eigenvalue weighted by atomic mass is 9.82. The zero-order chi connectivity index (χ0) is 22.2. The number of carbonyl (C=O) groups is 1. The summed E-state index contributed by atoms with van der Waals surface area (Å²) < 4.78 is 2.00. The SMILES string of the molecule is CCCn1ncc2ccc([C@H]3CCCN(C(=O)CC4=CC(C)(C)NC(C)(C)C4)C3)nc21. The molecule has 2 aliphatic heterocycles. The third kappa shape index (κ3) is 5.00. The van der Waals surface area contributed by atoms with Crippen molar-refractivity contribution < 1.29 is 4.79 Å². The van der Waals surface area contributed by atoms with Crippen molar-refractivity contribution in [3.8, 4) is 0 Å². The topological polar surface area (TPSA) is 63.1 Å². The van der Waals surface area contributed by atoms with Gasteiger partial charge >= 0.3 is 0 Å². The molecule has 2 aromatic heterocycles. The van der Waals surface area contributed by atoms with E-state index in [-0.39, 0.29) is 17.0 Å². The van der Waals surface area contributed by atoms with Crippen LogP contribution in [0.3, 0.4) is 0 Å². The van der Waals surface area contributed by atoms with E-state index in [4.69, 9.17) is 4.98 Å². The molecule has 0 aliphatic carbocycles. The Morgan fingerprint density at radius 2 is 2.06 bits per heavy atom. The summed E-state index contributed by atoms with van der Waals surface area (Å²) in [4.78, 5) is 20.2. The van der Waals surface area contributed by atoms with Gasteiger partial charge in [0.25, 0.3) is 0 Å². The first-order chi connectivity index (χ1) is 14.7. The molecule has 0 unspecified atom stereocenters. The molecule has 1 amide bonds. The fraction of sp³-hybridized carbons (Fsp3) is 0.640. The minimum Gasteiger partial charge on any atom is -0.342 e. The molecule has 1 N–H and O–H groups in total. The van der Waals surface area contributed by atoms with E-state index >= 15 is 0 Å². The Morgan fingerprint density at radius 3 is 2.81 bits per heavy atom. The smallest absolute Gasteiger partial charge is 0.226 e. The predicted octanol–water partition coefficient (Wildman–Crippen LogP) is 4.41. The highest BCUT2D eigenvalue weighted by atomic mass is 16.2. The summed E-state index contributed by atoms with van der Waals surface area (Å²) in [6.45, 7) is 13.4. The van der Waals surface area contributed by atoms with Gasteiger partial charge in [0.05, 0.1) is 6.20 Å². The Hall–Kier alpha value is -2.21. The van der Waals surface area contributed by atoms with Crippen LogP contribution in [0.15, 0.2) is 30.0 Å². The maximum Gasteiger partial charge on any atom is 0.226 e. The van der Waals surface area contributed by atoms with Crippen LogP contribution >= 0.6 is 0 Å². The maximum atomic E-state index is 13.2. The molecule has 6 nitrogen and oxygen atoms in total. The molecule has 0 spiro atoms. The van der Waals surface area contributed by atoms with E-state index in [0.29, 0.717) is 12.3 Å². The summed E-state index contributed by atoms with van der Waals surface area (Å²) in [5.41, 5.74) is 3.24. The highest BCUT2D eigenvalue weighted by Crippen LogP contribution is 2.31. The van der Waals surface area contributed by atoms with Crippen LogP contribution in [0.2, 0.25) is 0 Å². The zero-order valence-electron chi connectivity index (χ0n) is 19.7. The summed E-state index contributed by atoms with van der Waals surface area (Å²) in [5, 5.41) is 9.22. The molecule has 168 valence electrons. The molecular formula is C25H37N5O. The van der Waals surface area contributed by atoms with Gasteiger partial charge in [-0.2, -0.15) is 5.10 Å². The van der Waals surface area contributed by atoms with E-state index in [9.17, 15) is 4.79 Å². The van der Waals surface area contributed by atoms with Crippen LogP contribution < -0.4 is 5.32 Å². The number of carbonyl (C=O) groups excluding carboxylic acids is 1. The number of pyridine rings is 1. The molecule has 1 atom stereocenters. The molecule has 6 heteroatoms. The van der Waals surface area contributed by atoms with Crippen molar-refractivity contribution in [2.24, 2.45) is 0 Å². The summed E-state index contributed by atoms with van der Waals surface area (Å²) in [5.74, 6) is 0.545. The van der Waals surface area contributed by atoms with E-state index in [0.717, 1.165) is 62.0 Å². The number of nitrogens with one attached hydrogen (secondary N) is 1. The first-order valence-electron chi connectivity index (χ1n) is 11.8. The van der Waals surface area contributed by atoms with Gasteiger partial charge in [0.2, 0.25) is 5.91 Å². The van der Waals surface area contributed by atoms with Gasteiger partial charge in [-0.15, -0.1) is 0 Å². The highest BCUT2D eigenvalue weighted by molar-refractivity contribution is 5.79. The molecule has 4 rings (SSSR count). The molecule has 0 bridgehead atoms. The van der Waals surface area contributed by atoms with Crippen LogP contribution in [0.4, 0.5) is 0 Å². The summed E-state index contributed by atoms with van der Waals surface area (Å²) in [6.07, 6.45) is 8.73. The molecular weight excluding hydrogens is 386 g/mol. The van der Waals surface area contributed by atoms with Gasteiger partial charge in [-0.1, -0.05) is 18.6 Å². The van der Waals surface area contributed by atoms with Crippen molar-refractivity contribution in [1.82, 2.24) is 25.0 Å². The Labute approximate surface area is 186 Å². The van der Waals surface area contributed by atoms with Gasteiger partial charge in [-0.05, 0) is 65.5 Å². The summed E-state index contributed by atoms with van der Waals surface area (Å²) in [7, 11) is 0. The van der Waals surface area contributed by atoms with Crippen LogP contribution in [0.5, 0.6) is 0 Å². The molecule has 0 saturated carbocycles. The lowest BCUT2D eigenvalue weighted by Crippen LogP contribution is -2.54. The first kappa shape index (κ1) is 22.0. The Balaban J connectivity index is 1.47. The number of piperidine rings is 1. The Morgan fingerprint density at radius 1 is 1.26 bits per heavy atom. The van der Waals surface area contributed by atoms with Gasteiger partial charge in [0.1, 0.15) is 0 Å². The van der Waals surface area contributed by atoms with Crippen molar-refractivity contribution in [3.05, 3.63) is 35.7 Å². The molecule has 0 aromatic carbocycles. The number of hydrogen-bond donors (Lipinski definition) is 1. The standard InChI is InChI=1S/C25H37N5O/c1-6-11-30-23-19(16-26-30)9-10-21(27-23)20-8-7-12-29(17-20)22(31)13-18-14-24(2,3)28-25(4,5)15-18/h9-10,14,16,20,28H,6-8,11-13,15,17H2,1-5H3/t20-/m0/s1. The monoisotopic (exact) mass is 423 g/mol. The maximum absolute atomic E-state index is 13.2. The second-order valence-electron chi connectivity index (χ2n) is 10.6. The van der Waals surface area contributed by atoms with Crippen molar-refractivity contribution in [3.63, 3.8) is 0 Å². The van der Waals surface area contributed by atoms with Crippen molar-refractivity contribution in [2.75, 3.05) is 13.1 Å². The molecule has 2 aliphatic rings. The molecule has 31 heavy (non-hydrogen) atoms. The number of fused-ring (bicyclic) bond motifs is 1. The highest BCUT2D eigenvalue weighted by Gasteiger charge is 2.34. The van der Waals surface area contributed by atoms with Crippen LogP contribution in [0.1, 0.15) is 78.3 Å². The number of aryl methyl sites for hydroxylation is 1. The quantitative estimate of drug-likeness (QED) is 0.724. The first-order valence-corrected chi connectivity index (χ1v) is 11.8. The fourth-order valence-electron chi connectivity index (χ4n) is 5.52. The molecule has 4 heterocycles. The van der Waals surface area contributed by atoms with E-state index in [1.165, 1.54) is 5.57 Å². The van der Waals surface area contributed by atoms with Crippen LogP contribution in [0, 0.1) is 0 Å². The number of amides is 1. The van der Waals surface area contributed by atoms with E-state index in [1.54, 1.807) is 0 Å². The van der Waals surface area contributed by atoms with Crippen molar-refractivity contribution in [2.45, 2.75) is 90.3 Å². The molecule has 1 fully saturated rings. The van der Waals surface area contributed by atoms with E-state index in [1.807, 2.05) is 10.9 Å². The molecule has 2 aromatic rings. The Kier molecular flexibility index (Phi) is 5.95. The van der Waals surface area contributed by atoms with E-state index < -0.39 is 0 Å². The van der Waals surface area contributed by atoms with Gasteiger partial charge in [0, 0.05) is 54.1 Å². The lowest BCUT2D eigenvalue weighted by molar-refractivity contribution is -0.131. The van der Waals surface area contributed by atoms with Gasteiger partial charge < -0.3 is 10.2 Å². The van der Waals surface area contributed by atoms with E-state index in [2.05, 4.69) is 68.1 Å². The van der Waals surface area contributed by atoms with Crippen LogP contribution in [-0.4, -0.2) is 49.7 Å². The van der Waals surface area contributed by atoms with Gasteiger partial charge in [0.15, 0.2) is 5.65 Å². The third-order valence-corrected chi connectivity index (χ3v) is 6.41. The second-order valence-corrected chi connectivity index (χ2v) is 10.6. The number of hydrogen-bond acceptors (Lipinski definition) is 4. The summed E-state index contributed by atoms with van der Waals surface area (Å²) in [6, 6.07) is 4.25. The zero-order valence-corrected chi connectivity index (χ0v) is 19.7. The number of likely N-dealkylation sites (tertiary alicyclic amines) is 1. The lowest BCUT2D eigenvalue weighted by Gasteiger charge is -2.41. The van der Waals surface area contributed by atoms with Gasteiger partial charge in [-0.25, -0.2) is 9.67 Å². The number of rotatable bonds is 5. The molecule has 1 saturated heterocycles. The largest absolute Gasteiger partial charge is 0.342 e.